The number of aliphatic hydroxyl groups excluding tert-OH is 1. The van der Waals surface area contributed by atoms with Gasteiger partial charge in [0.25, 0.3) is 0 Å². The molecule has 3 heteroatoms. The third-order valence-electron chi connectivity index (χ3n) is 2.45. The van der Waals surface area contributed by atoms with Crippen molar-refractivity contribution >= 4 is 5.71 Å². The molecule has 0 aromatic heterocycles. The van der Waals surface area contributed by atoms with Crippen molar-refractivity contribution in [2.45, 2.75) is 38.5 Å². The maximum atomic E-state index is 8.64. The van der Waals surface area contributed by atoms with Crippen LogP contribution in [-0.4, -0.2) is 24.5 Å². The van der Waals surface area contributed by atoms with Gasteiger partial charge in [-0.1, -0.05) is 17.7 Å². The highest BCUT2D eigenvalue weighted by Gasteiger charge is 2.12. The Balaban J connectivity index is 2.26. The molecule has 80 valence electrons. The number of oxime groups is 1. The minimum absolute atomic E-state index is 0.304. The van der Waals surface area contributed by atoms with Crippen LogP contribution >= 0.6 is 0 Å². The average Bonchev–Trinajstić information content (AvgIpc) is 2.61. The van der Waals surface area contributed by atoms with Gasteiger partial charge in [-0.05, 0) is 37.7 Å². The summed E-state index contributed by atoms with van der Waals surface area (Å²) in [4.78, 5) is 4.79. The van der Waals surface area contributed by atoms with Crippen molar-refractivity contribution in [3.05, 3.63) is 11.6 Å². The maximum Gasteiger partial charge on any atom is 0.106 e. The average molecular weight is 197 g/mol. The number of nitrogens with zero attached hydrogens (tertiary/aromatic N) is 1. The van der Waals surface area contributed by atoms with Crippen LogP contribution in [0.3, 0.4) is 0 Å². The van der Waals surface area contributed by atoms with E-state index in [1.165, 1.54) is 5.57 Å². The lowest BCUT2D eigenvalue weighted by molar-refractivity contribution is 0.213. The topological polar surface area (TPSA) is 41.8 Å². The summed E-state index contributed by atoms with van der Waals surface area (Å²) in [6.07, 6.45) is 8.56. The van der Waals surface area contributed by atoms with Gasteiger partial charge < -0.3 is 9.94 Å². The highest BCUT2D eigenvalue weighted by molar-refractivity contribution is 6.01. The number of rotatable bonds is 6. The molecule has 1 aliphatic rings. The number of allylic oxidation sites excluding steroid dienone is 2. The molecule has 0 atom stereocenters. The Morgan fingerprint density at radius 3 is 3.00 bits per heavy atom. The summed E-state index contributed by atoms with van der Waals surface area (Å²) in [5.74, 6) is 0. The summed E-state index contributed by atoms with van der Waals surface area (Å²) in [7, 11) is 1.59. The SMILES string of the molecule is CON=C1CCC=C1CCCCCO. The molecule has 0 aromatic carbocycles. The van der Waals surface area contributed by atoms with Gasteiger partial charge in [-0.2, -0.15) is 0 Å². The molecule has 0 saturated heterocycles. The van der Waals surface area contributed by atoms with Gasteiger partial charge in [0.1, 0.15) is 7.11 Å². The molecule has 0 saturated carbocycles. The first-order valence-electron chi connectivity index (χ1n) is 5.28. The zero-order valence-corrected chi connectivity index (χ0v) is 8.83. The molecule has 0 aliphatic heterocycles. The third kappa shape index (κ3) is 3.50. The van der Waals surface area contributed by atoms with E-state index in [4.69, 9.17) is 9.94 Å². The predicted octanol–water partition coefficient (Wildman–Crippen LogP) is 2.26. The molecular formula is C11H19NO2. The zero-order valence-electron chi connectivity index (χ0n) is 8.83. The highest BCUT2D eigenvalue weighted by atomic mass is 16.6. The second-order valence-electron chi connectivity index (χ2n) is 3.52. The standard InChI is InChI=1S/C11H19NO2/c1-14-12-11-8-5-7-10(11)6-3-2-4-9-13/h7,13H,2-6,8-9H2,1H3. The number of hydrogen-bond donors (Lipinski definition) is 1. The van der Waals surface area contributed by atoms with Gasteiger partial charge in [0, 0.05) is 6.61 Å². The zero-order chi connectivity index (χ0) is 10.2. The molecule has 0 fully saturated rings. The Hall–Kier alpha value is -0.830. The molecule has 1 rings (SSSR count). The van der Waals surface area contributed by atoms with E-state index in [-0.39, 0.29) is 0 Å². The van der Waals surface area contributed by atoms with Crippen molar-refractivity contribution in [3.8, 4) is 0 Å². The van der Waals surface area contributed by atoms with Gasteiger partial charge in [0.05, 0.1) is 5.71 Å². The Bertz CT molecular complexity index is 221. The largest absolute Gasteiger partial charge is 0.399 e. The third-order valence-corrected chi connectivity index (χ3v) is 2.45. The smallest absolute Gasteiger partial charge is 0.106 e. The van der Waals surface area contributed by atoms with Crippen LogP contribution < -0.4 is 0 Å². The summed E-state index contributed by atoms with van der Waals surface area (Å²) in [5, 5.41) is 12.6. The lowest BCUT2D eigenvalue weighted by Gasteiger charge is -2.03. The van der Waals surface area contributed by atoms with E-state index in [2.05, 4.69) is 11.2 Å². The summed E-state index contributed by atoms with van der Waals surface area (Å²) in [6.45, 7) is 0.304. The lowest BCUT2D eigenvalue weighted by atomic mass is 10.1. The maximum absolute atomic E-state index is 8.64. The number of unbranched alkanes of at least 4 members (excludes halogenated alkanes) is 2. The van der Waals surface area contributed by atoms with Crippen LogP contribution in [0.5, 0.6) is 0 Å². The Morgan fingerprint density at radius 2 is 2.29 bits per heavy atom. The molecule has 14 heavy (non-hydrogen) atoms. The second kappa shape index (κ2) is 6.60. The number of aliphatic hydroxyl groups is 1. The Kier molecular flexibility index (Phi) is 5.30. The van der Waals surface area contributed by atoms with Crippen molar-refractivity contribution in [2.24, 2.45) is 5.16 Å². The first kappa shape index (κ1) is 11.2. The normalized spacial score (nSPS) is 18.7. The van der Waals surface area contributed by atoms with Gasteiger partial charge in [-0.15, -0.1) is 0 Å². The molecule has 0 heterocycles. The molecule has 0 radical (unpaired) electrons. The van der Waals surface area contributed by atoms with Crippen molar-refractivity contribution in [1.82, 2.24) is 0 Å². The van der Waals surface area contributed by atoms with Gasteiger partial charge in [0.2, 0.25) is 0 Å². The van der Waals surface area contributed by atoms with Gasteiger partial charge in [-0.3, -0.25) is 0 Å². The predicted molar refractivity (Wildman–Crippen MR) is 57.3 cm³/mol. The molecular weight excluding hydrogens is 178 g/mol. The summed E-state index contributed by atoms with van der Waals surface area (Å²) in [5.41, 5.74) is 2.45. The molecule has 0 bridgehead atoms. The molecule has 0 amide bonds. The van der Waals surface area contributed by atoms with Crippen LogP contribution in [0.1, 0.15) is 38.5 Å². The van der Waals surface area contributed by atoms with Crippen LogP contribution in [0, 0.1) is 0 Å². The highest BCUT2D eigenvalue weighted by Crippen LogP contribution is 2.21. The van der Waals surface area contributed by atoms with Gasteiger partial charge in [0.15, 0.2) is 0 Å². The van der Waals surface area contributed by atoms with Crippen LogP contribution in [0.25, 0.3) is 0 Å². The molecule has 0 spiro atoms. The molecule has 0 unspecified atom stereocenters. The van der Waals surface area contributed by atoms with E-state index >= 15 is 0 Å². The monoisotopic (exact) mass is 197 g/mol. The summed E-state index contributed by atoms with van der Waals surface area (Å²) in [6, 6.07) is 0. The van der Waals surface area contributed by atoms with E-state index in [1.807, 2.05) is 0 Å². The first-order chi connectivity index (χ1) is 6.88. The molecule has 1 N–H and O–H groups in total. The van der Waals surface area contributed by atoms with E-state index < -0.39 is 0 Å². The van der Waals surface area contributed by atoms with Crippen LogP contribution in [-0.2, 0) is 4.84 Å². The van der Waals surface area contributed by atoms with Crippen molar-refractivity contribution in [2.75, 3.05) is 13.7 Å². The molecule has 0 aromatic rings. The van der Waals surface area contributed by atoms with Crippen LogP contribution in [0.4, 0.5) is 0 Å². The minimum atomic E-state index is 0.304. The summed E-state index contributed by atoms with van der Waals surface area (Å²) < 4.78 is 0. The lowest BCUT2D eigenvalue weighted by Crippen LogP contribution is -1.98. The van der Waals surface area contributed by atoms with E-state index in [0.29, 0.717) is 6.61 Å². The Labute approximate surface area is 85.5 Å². The van der Waals surface area contributed by atoms with Gasteiger partial charge in [-0.25, -0.2) is 0 Å². The van der Waals surface area contributed by atoms with Crippen molar-refractivity contribution in [3.63, 3.8) is 0 Å². The quantitative estimate of drug-likeness (QED) is 0.524. The first-order valence-corrected chi connectivity index (χ1v) is 5.28. The van der Waals surface area contributed by atoms with Crippen LogP contribution in [0.2, 0.25) is 0 Å². The van der Waals surface area contributed by atoms with E-state index in [1.54, 1.807) is 7.11 Å². The van der Waals surface area contributed by atoms with Crippen molar-refractivity contribution < 1.29 is 9.94 Å². The van der Waals surface area contributed by atoms with E-state index in [0.717, 1.165) is 44.2 Å². The summed E-state index contributed by atoms with van der Waals surface area (Å²) >= 11 is 0. The number of hydrogen-bond acceptors (Lipinski definition) is 3. The van der Waals surface area contributed by atoms with Gasteiger partial charge >= 0.3 is 0 Å². The Morgan fingerprint density at radius 1 is 1.43 bits per heavy atom. The fourth-order valence-corrected chi connectivity index (χ4v) is 1.73. The fraction of sp³-hybridized carbons (Fsp3) is 0.727. The fourth-order valence-electron chi connectivity index (χ4n) is 1.73. The van der Waals surface area contributed by atoms with Crippen LogP contribution in [0.15, 0.2) is 16.8 Å². The molecule has 3 nitrogen and oxygen atoms in total. The second-order valence-corrected chi connectivity index (χ2v) is 3.52. The van der Waals surface area contributed by atoms with Crippen molar-refractivity contribution in [1.29, 1.82) is 0 Å². The minimum Gasteiger partial charge on any atom is -0.399 e. The molecule has 1 aliphatic carbocycles. The van der Waals surface area contributed by atoms with E-state index in [9.17, 15) is 0 Å².